The quantitative estimate of drug-likeness (QED) is 0.675. The highest BCUT2D eigenvalue weighted by Gasteiger charge is 2.14. The second-order valence-corrected chi connectivity index (χ2v) is 6.58. The maximum atomic E-state index is 11.7. The molecule has 0 fully saturated rings. The Kier molecular flexibility index (Phi) is 6.17. The van der Waals surface area contributed by atoms with E-state index in [0.717, 1.165) is 0 Å². The molecule has 0 saturated carbocycles. The molecule has 0 atom stereocenters. The van der Waals surface area contributed by atoms with Gasteiger partial charge in [0.25, 0.3) is 0 Å². The lowest BCUT2D eigenvalue weighted by Crippen LogP contribution is -2.34. The fourth-order valence-corrected chi connectivity index (χ4v) is 2.54. The molecule has 0 aliphatic carbocycles. The van der Waals surface area contributed by atoms with Gasteiger partial charge >= 0.3 is 5.97 Å². The Balaban J connectivity index is 2.14. The summed E-state index contributed by atoms with van der Waals surface area (Å²) >= 11 is 11.3. The average Bonchev–Trinajstić information content (AvgIpc) is 2.98. The molecule has 1 heterocycles. The van der Waals surface area contributed by atoms with Gasteiger partial charge in [-0.1, -0.05) is 25.4 Å². The van der Waals surface area contributed by atoms with Crippen molar-refractivity contribution in [3.05, 3.63) is 41.1 Å². The Morgan fingerprint density at radius 3 is 2.60 bits per heavy atom. The third kappa shape index (κ3) is 5.30. The number of anilines is 1. The maximum Gasteiger partial charge on any atom is 0.371 e. The summed E-state index contributed by atoms with van der Waals surface area (Å²) < 4.78 is 5.27. The molecule has 0 aliphatic rings. The maximum absolute atomic E-state index is 11.7. The number of benzene rings is 1. The molecule has 0 radical (unpaired) electrons. The number of rotatable bonds is 5. The summed E-state index contributed by atoms with van der Waals surface area (Å²) in [6.07, 6.45) is 0.373. The zero-order chi connectivity index (χ0) is 18.6. The molecule has 0 saturated heterocycles. The highest BCUT2D eigenvalue weighted by atomic mass is 35.5. The third-order valence-corrected chi connectivity index (χ3v) is 3.69. The van der Waals surface area contributed by atoms with E-state index in [2.05, 4.69) is 10.6 Å². The van der Waals surface area contributed by atoms with Gasteiger partial charge in [-0.15, -0.1) is 0 Å². The standard InChI is InChI=1S/C17H17ClN2O4S/c1-9(2)7-15(21)20-17(25)19-10-3-4-12(18)11(8-10)13-5-6-14(24-13)16(22)23/h3-6,8-9H,7H2,1-2H3,(H,22,23)(H2,19,20,21,25). The number of thiocarbonyl (C=S) groups is 1. The molecule has 2 rings (SSSR count). The lowest BCUT2D eigenvalue weighted by atomic mass is 10.1. The number of carboxylic acids is 1. The van der Waals surface area contributed by atoms with E-state index in [1.54, 1.807) is 18.2 Å². The first-order chi connectivity index (χ1) is 11.8. The van der Waals surface area contributed by atoms with Gasteiger partial charge in [0.05, 0.1) is 5.02 Å². The minimum absolute atomic E-state index is 0.168. The molecule has 8 heteroatoms. The number of carbonyl (C=O) groups excluding carboxylic acids is 1. The zero-order valence-electron chi connectivity index (χ0n) is 13.6. The van der Waals surface area contributed by atoms with Crippen molar-refractivity contribution in [2.45, 2.75) is 20.3 Å². The van der Waals surface area contributed by atoms with E-state index in [9.17, 15) is 9.59 Å². The van der Waals surface area contributed by atoms with Crippen molar-refractivity contribution in [3.63, 3.8) is 0 Å². The largest absolute Gasteiger partial charge is 0.475 e. The third-order valence-electron chi connectivity index (χ3n) is 3.15. The van der Waals surface area contributed by atoms with Crippen LogP contribution in [0.5, 0.6) is 0 Å². The van der Waals surface area contributed by atoms with Gasteiger partial charge in [-0.2, -0.15) is 0 Å². The highest BCUT2D eigenvalue weighted by Crippen LogP contribution is 2.32. The summed E-state index contributed by atoms with van der Waals surface area (Å²) in [6.45, 7) is 3.88. The van der Waals surface area contributed by atoms with Gasteiger partial charge in [0, 0.05) is 17.7 Å². The first-order valence-electron chi connectivity index (χ1n) is 7.50. The first-order valence-corrected chi connectivity index (χ1v) is 8.28. The number of carboxylic acid groups (broad SMARTS) is 1. The summed E-state index contributed by atoms with van der Waals surface area (Å²) in [4.78, 5) is 22.7. The molecule has 0 aliphatic heterocycles. The summed E-state index contributed by atoms with van der Waals surface area (Å²) in [5.74, 6) is -0.960. The Bertz CT molecular complexity index is 817. The van der Waals surface area contributed by atoms with Gasteiger partial charge in [-0.3, -0.25) is 4.79 Å². The van der Waals surface area contributed by atoms with Gasteiger partial charge in [-0.05, 0) is 48.5 Å². The van der Waals surface area contributed by atoms with Crippen LogP contribution in [0.25, 0.3) is 11.3 Å². The molecule has 0 unspecified atom stereocenters. The average molecular weight is 381 g/mol. The van der Waals surface area contributed by atoms with Crippen LogP contribution in [0.15, 0.2) is 34.7 Å². The fraction of sp³-hybridized carbons (Fsp3) is 0.235. The number of nitrogens with one attached hydrogen (secondary N) is 2. The molecule has 1 aromatic carbocycles. The molecule has 1 amide bonds. The van der Waals surface area contributed by atoms with E-state index in [-0.39, 0.29) is 22.7 Å². The first kappa shape index (κ1) is 19.0. The zero-order valence-corrected chi connectivity index (χ0v) is 15.2. The molecule has 0 spiro atoms. The highest BCUT2D eigenvalue weighted by molar-refractivity contribution is 7.80. The van der Waals surface area contributed by atoms with Gasteiger partial charge < -0.3 is 20.2 Å². The SMILES string of the molecule is CC(C)CC(=O)NC(=S)Nc1ccc(Cl)c(-c2ccc(C(=O)O)o2)c1. The number of furan rings is 1. The lowest BCUT2D eigenvalue weighted by Gasteiger charge is -2.12. The van der Waals surface area contributed by atoms with Crippen molar-refractivity contribution in [1.82, 2.24) is 5.32 Å². The Morgan fingerprint density at radius 1 is 1.28 bits per heavy atom. The van der Waals surface area contributed by atoms with Gasteiger partial charge in [0.2, 0.25) is 11.7 Å². The Labute approximate surface area is 155 Å². The molecule has 3 N–H and O–H groups in total. The Morgan fingerprint density at radius 2 is 2.00 bits per heavy atom. The number of hydrogen-bond acceptors (Lipinski definition) is 4. The van der Waals surface area contributed by atoms with Crippen LogP contribution in [0.2, 0.25) is 5.02 Å². The molecular formula is C17H17ClN2O4S. The number of amides is 1. The molecule has 6 nitrogen and oxygen atoms in total. The second-order valence-electron chi connectivity index (χ2n) is 5.76. The predicted molar refractivity (Wildman–Crippen MR) is 99.9 cm³/mol. The van der Waals surface area contributed by atoms with Crippen molar-refractivity contribution < 1.29 is 19.1 Å². The number of aromatic carboxylic acids is 1. The Hall–Kier alpha value is -2.38. The van der Waals surface area contributed by atoms with Crippen LogP contribution in [0, 0.1) is 5.92 Å². The number of carbonyl (C=O) groups is 2. The minimum atomic E-state index is -1.16. The minimum Gasteiger partial charge on any atom is -0.475 e. The van der Waals surface area contributed by atoms with Crippen LogP contribution >= 0.6 is 23.8 Å². The van der Waals surface area contributed by atoms with Crippen molar-refractivity contribution in [3.8, 4) is 11.3 Å². The monoisotopic (exact) mass is 380 g/mol. The summed E-state index contributed by atoms with van der Waals surface area (Å²) in [5, 5.41) is 15.0. The van der Waals surface area contributed by atoms with Crippen LogP contribution in [-0.4, -0.2) is 22.1 Å². The summed E-state index contributed by atoms with van der Waals surface area (Å²) in [6, 6.07) is 7.85. The molecule has 1 aromatic heterocycles. The van der Waals surface area contributed by atoms with Crippen molar-refractivity contribution in [2.24, 2.45) is 5.92 Å². The summed E-state index contributed by atoms with van der Waals surface area (Å²) in [5.41, 5.74) is 1.10. The van der Waals surface area contributed by atoms with Crippen LogP contribution in [-0.2, 0) is 4.79 Å². The van der Waals surface area contributed by atoms with Gasteiger partial charge in [-0.25, -0.2) is 4.79 Å². The molecular weight excluding hydrogens is 364 g/mol. The van der Waals surface area contributed by atoms with Crippen LogP contribution < -0.4 is 10.6 Å². The predicted octanol–water partition coefficient (Wildman–Crippen LogP) is 4.16. The van der Waals surface area contributed by atoms with E-state index in [4.69, 9.17) is 33.3 Å². The lowest BCUT2D eigenvalue weighted by molar-refractivity contribution is -0.120. The van der Waals surface area contributed by atoms with E-state index in [1.807, 2.05) is 13.8 Å². The van der Waals surface area contributed by atoms with E-state index in [0.29, 0.717) is 28.5 Å². The normalized spacial score (nSPS) is 10.6. The number of hydrogen-bond donors (Lipinski definition) is 3. The van der Waals surface area contributed by atoms with Crippen molar-refractivity contribution in [1.29, 1.82) is 0 Å². The molecule has 25 heavy (non-hydrogen) atoms. The second kappa shape index (κ2) is 8.13. The molecule has 132 valence electrons. The molecule has 2 aromatic rings. The van der Waals surface area contributed by atoms with Crippen LogP contribution in [0.1, 0.15) is 30.8 Å². The van der Waals surface area contributed by atoms with E-state index >= 15 is 0 Å². The number of halogens is 1. The van der Waals surface area contributed by atoms with Crippen molar-refractivity contribution >= 4 is 46.5 Å². The van der Waals surface area contributed by atoms with E-state index in [1.165, 1.54) is 12.1 Å². The smallest absolute Gasteiger partial charge is 0.371 e. The van der Waals surface area contributed by atoms with Gasteiger partial charge in [0.1, 0.15) is 5.76 Å². The van der Waals surface area contributed by atoms with Crippen LogP contribution in [0.4, 0.5) is 5.69 Å². The summed E-state index contributed by atoms with van der Waals surface area (Å²) in [7, 11) is 0. The fourth-order valence-electron chi connectivity index (χ4n) is 2.10. The molecule has 0 bridgehead atoms. The van der Waals surface area contributed by atoms with Gasteiger partial charge in [0.15, 0.2) is 5.11 Å². The topological polar surface area (TPSA) is 91.6 Å². The van der Waals surface area contributed by atoms with E-state index < -0.39 is 5.97 Å². The van der Waals surface area contributed by atoms with Crippen molar-refractivity contribution in [2.75, 3.05) is 5.32 Å². The van der Waals surface area contributed by atoms with Crippen LogP contribution in [0.3, 0.4) is 0 Å².